The van der Waals surface area contributed by atoms with E-state index < -0.39 is 0 Å². The first-order chi connectivity index (χ1) is 12.1. The van der Waals surface area contributed by atoms with Gasteiger partial charge in [-0.25, -0.2) is 4.98 Å². The molecule has 0 unspecified atom stereocenters. The zero-order chi connectivity index (χ0) is 17.8. The lowest BCUT2D eigenvalue weighted by Crippen LogP contribution is -2.27. The number of carbonyl (C=O) groups excluding carboxylic acids is 1. The van der Waals surface area contributed by atoms with Crippen molar-refractivity contribution in [1.29, 1.82) is 0 Å². The lowest BCUT2D eigenvalue weighted by Gasteiger charge is -2.12. The zero-order valence-electron chi connectivity index (χ0n) is 15.1. The summed E-state index contributed by atoms with van der Waals surface area (Å²) in [6.07, 6.45) is 0.721. The highest BCUT2D eigenvalue weighted by molar-refractivity contribution is 5.95. The van der Waals surface area contributed by atoms with Crippen molar-refractivity contribution in [3.8, 4) is 0 Å². The Morgan fingerprint density at radius 2 is 1.84 bits per heavy atom. The van der Waals surface area contributed by atoms with Crippen LogP contribution in [0.2, 0.25) is 0 Å². The fourth-order valence-corrected chi connectivity index (χ4v) is 3.10. The number of imidazole rings is 1. The number of amides is 1. The molecule has 4 nitrogen and oxygen atoms in total. The number of aryl methyl sites for hydroxylation is 1. The average molecular weight is 335 g/mol. The number of carbonyl (C=O) groups is 1. The average Bonchev–Trinajstić information content (AvgIpc) is 2.92. The van der Waals surface area contributed by atoms with Crippen molar-refractivity contribution in [2.45, 2.75) is 33.7 Å². The fraction of sp³-hybridized carbons (Fsp3) is 0.333. The molecule has 0 saturated heterocycles. The molecular formula is C21H25N3O. The van der Waals surface area contributed by atoms with E-state index in [0.717, 1.165) is 41.0 Å². The van der Waals surface area contributed by atoms with Crippen LogP contribution in [-0.4, -0.2) is 22.0 Å². The van der Waals surface area contributed by atoms with Gasteiger partial charge >= 0.3 is 0 Å². The molecule has 0 aliphatic heterocycles. The van der Waals surface area contributed by atoms with Gasteiger partial charge in [-0.15, -0.1) is 0 Å². The van der Waals surface area contributed by atoms with E-state index in [9.17, 15) is 4.79 Å². The molecule has 0 aliphatic rings. The molecule has 1 aromatic heterocycles. The van der Waals surface area contributed by atoms with Crippen LogP contribution in [-0.2, 0) is 13.0 Å². The van der Waals surface area contributed by atoms with Crippen LogP contribution in [0.4, 0.5) is 0 Å². The van der Waals surface area contributed by atoms with E-state index in [1.54, 1.807) is 0 Å². The predicted octanol–water partition coefficient (Wildman–Crippen LogP) is 3.97. The third kappa shape index (κ3) is 3.90. The van der Waals surface area contributed by atoms with Crippen LogP contribution in [0.1, 0.15) is 35.6 Å². The molecule has 0 bridgehead atoms. The quantitative estimate of drug-likeness (QED) is 0.741. The van der Waals surface area contributed by atoms with Gasteiger partial charge < -0.3 is 9.88 Å². The van der Waals surface area contributed by atoms with Gasteiger partial charge in [-0.2, -0.15) is 0 Å². The minimum Gasteiger partial charge on any atom is -0.352 e. The second kappa shape index (κ2) is 7.51. The van der Waals surface area contributed by atoms with Crippen LogP contribution in [0.5, 0.6) is 0 Å². The number of aromatic nitrogens is 2. The lowest BCUT2D eigenvalue weighted by molar-refractivity contribution is 0.0953. The van der Waals surface area contributed by atoms with Gasteiger partial charge in [0.25, 0.3) is 5.91 Å². The Morgan fingerprint density at radius 3 is 2.60 bits per heavy atom. The van der Waals surface area contributed by atoms with Gasteiger partial charge in [0.1, 0.15) is 5.82 Å². The highest BCUT2D eigenvalue weighted by Crippen LogP contribution is 2.18. The fourth-order valence-electron chi connectivity index (χ4n) is 3.10. The first kappa shape index (κ1) is 17.2. The van der Waals surface area contributed by atoms with Gasteiger partial charge in [0.15, 0.2) is 0 Å². The van der Waals surface area contributed by atoms with E-state index >= 15 is 0 Å². The van der Waals surface area contributed by atoms with Crippen molar-refractivity contribution in [3.05, 3.63) is 65.5 Å². The smallest absolute Gasteiger partial charge is 0.251 e. The Balaban J connectivity index is 1.73. The number of hydrogen-bond donors (Lipinski definition) is 1. The Bertz CT molecular complexity index is 880. The summed E-state index contributed by atoms with van der Waals surface area (Å²) in [5, 5.41) is 3.02. The normalized spacial score (nSPS) is 11.2. The van der Waals surface area contributed by atoms with Crippen molar-refractivity contribution in [1.82, 2.24) is 14.9 Å². The third-order valence-corrected chi connectivity index (χ3v) is 4.31. The van der Waals surface area contributed by atoms with E-state index in [2.05, 4.69) is 29.8 Å². The second-order valence-corrected chi connectivity index (χ2v) is 6.84. The molecule has 1 heterocycles. The number of nitrogens with zero attached hydrogens (tertiary/aromatic N) is 2. The monoisotopic (exact) mass is 335 g/mol. The molecule has 0 spiro atoms. The number of rotatable bonds is 6. The molecule has 4 heteroatoms. The summed E-state index contributed by atoms with van der Waals surface area (Å²) in [6.45, 7) is 7.88. The molecule has 2 aromatic carbocycles. The summed E-state index contributed by atoms with van der Waals surface area (Å²) in [7, 11) is 0. The summed E-state index contributed by atoms with van der Waals surface area (Å²) in [5.74, 6) is 1.54. The van der Waals surface area contributed by atoms with E-state index in [1.165, 1.54) is 0 Å². The lowest BCUT2D eigenvalue weighted by atomic mass is 10.1. The first-order valence-electron chi connectivity index (χ1n) is 8.84. The number of benzene rings is 2. The van der Waals surface area contributed by atoms with E-state index in [0.29, 0.717) is 12.5 Å². The third-order valence-electron chi connectivity index (χ3n) is 4.31. The summed E-state index contributed by atoms with van der Waals surface area (Å²) in [5.41, 5.74) is 3.91. The number of fused-ring (bicyclic) bond motifs is 1. The molecule has 3 aromatic rings. The Kier molecular flexibility index (Phi) is 5.17. The second-order valence-electron chi connectivity index (χ2n) is 6.84. The summed E-state index contributed by atoms with van der Waals surface area (Å²) in [4.78, 5) is 17.1. The molecule has 0 radical (unpaired) electrons. The van der Waals surface area contributed by atoms with Gasteiger partial charge in [0.05, 0.1) is 11.0 Å². The van der Waals surface area contributed by atoms with Crippen molar-refractivity contribution >= 4 is 16.9 Å². The highest BCUT2D eigenvalue weighted by Gasteiger charge is 2.12. The Morgan fingerprint density at radius 1 is 1.12 bits per heavy atom. The van der Waals surface area contributed by atoms with Crippen LogP contribution in [0, 0.1) is 12.8 Å². The number of para-hydroxylation sites is 2. The topological polar surface area (TPSA) is 46.9 Å². The minimum atomic E-state index is -0.0235. The van der Waals surface area contributed by atoms with E-state index in [1.807, 2.05) is 49.4 Å². The first-order valence-corrected chi connectivity index (χ1v) is 8.84. The number of nitrogens with one attached hydrogen (secondary N) is 1. The van der Waals surface area contributed by atoms with Crippen LogP contribution in [0.15, 0.2) is 48.5 Å². The van der Waals surface area contributed by atoms with E-state index in [-0.39, 0.29) is 5.91 Å². The molecular weight excluding hydrogens is 310 g/mol. The maximum Gasteiger partial charge on any atom is 0.251 e. The highest BCUT2D eigenvalue weighted by atomic mass is 16.1. The van der Waals surface area contributed by atoms with Crippen molar-refractivity contribution in [2.75, 3.05) is 6.54 Å². The molecule has 25 heavy (non-hydrogen) atoms. The summed E-state index contributed by atoms with van der Waals surface area (Å²) >= 11 is 0. The largest absolute Gasteiger partial charge is 0.352 e. The Labute approximate surface area is 148 Å². The van der Waals surface area contributed by atoms with Crippen LogP contribution >= 0.6 is 0 Å². The van der Waals surface area contributed by atoms with Crippen molar-refractivity contribution in [3.63, 3.8) is 0 Å². The van der Waals surface area contributed by atoms with Crippen LogP contribution < -0.4 is 5.32 Å². The van der Waals surface area contributed by atoms with Crippen LogP contribution in [0.25, 0.3) is 11.0 Å². The molecule has 0 saturated carbocycles. The van der Waals surface area contributed by atoms with E-state index in [4.69, 9.17) is 4.98 Å². The maximum absolute atomic E-state index is 12.4. The van der Waals surface area contributed by atoms with Crippen molar-refractivity contribution in [2.24, 2.45) is 5.92 Å². The maximum atomic E-state index is 12.4. The molecule has 0 fully saturated rings. The van der Waals surface area contributed by atoms with Crippen LogP contribution in [0.3, 0.4) is 0 Å². The zero-order valence-corrected chi connectivity index (χ0v) is 15.1. The molecule has 0 atom stereocenters. The molecule has 1 N–H and O–H groups in total. The van der Waals surface area contributed by atoms with Gasteiger partial charge in [-0.05, 0) is 36.6 Å². The minimum absolute atomic E-state index is 0.0235. The molecule has 0 aliphatic carbocycles. The van der Waals surface area contributed by atoms with Gasteiger partial charge in [-0.3, -0.25) is 4.79 Å². The van der Waals surface area contributed by atoms with Gasteiger partial charge in [-0.1, -0.05) is 44.2 Å². The standard InChI is InChI=1S/C21H25N3O/c1-15(2)14-24-19-11-7-6-10-18(19)23-20(24)12-13-22-21(25)17-9-5-4-8-16(17)3/h4-11,15H,12-14H2,1-3H3,(H,22,25). The van der Waals surface area contributed by atoms with Gasteiger partial charge in [0, 0.05) is 25.1 Å². The SMILES string of the molecule is Cc1ccccc1C(=O)NCCc1nc2ccccc2n1CC(C)C. The molecule has 130 valence electrons. The molecule has 3 rings (SSSR count). The Hall–Kier alpha value is -2.62. The molecule has 1 amide bonds. The predicted molar refractivity (Wildman–Crippen MR) is 102 cm³/mol. The number of hydrogen-bond acceptors (Lipinski definition) is 2. The van der Waals surface area contributed by atoms with Crippen molar-refractivity contribution < 1.29 is 4.79 Å². The van der Waals surface area contributed by atoms with Gasteiger partial charge in [0.2, 0.25) is 0 Å². The summed E-state index contributed by atoms with van der Waals surface area (Å²) in [6, 6.07) is 15.9. The summed E-state index contributed by atoms with van der Waals surface area (Å²) < 4.78 is 2.28.